The van der Waals surface area contributed by atoms with Gasteiger partial charge < -0.3 is 4.90 Å². The highest BCUT2D eigenvalue weighted by atomic mass is 15.3. The van der Waals surface area contributed by atoms with Crippen LogP contribution in [-0.4, -0.2) is 32.8 Å². The normalized spacial score (nSPS) is 15.1. The van der Waals surface area contributed by atoms with Gasteiger partial charge in [0, 0.05) is 13.1 Å². The van der Waals surface area contributed by atoms with Crippen LogP contribution in [0.15, 0.2) is 61.1 Å². The van der Waals surface area contributed by atoms with E-state index in [4.69, 9.17) is 0 Å². The number of piperidine rings is 1. The maximum Gasteiger partial charge on any atom is 0.168 e. The number of aryl methyl sites for hydroxylation is 2. The lowest BCUT2D eigenvalue weighted by atomic mass is 9.90. The van der Waals surface area contributed by atoms with Crippen LogP contribution in [0.25, 0.3) is 16.7 Å². The van der Waals surface area contributed by atoms with Crippen molar-refractivity contribution in [2.75, 3.05) is 18.0 Å². The third-order valence-corrected chi connectivity index (χ3v) is 6.21. The molecule has 3 heterocycles. The van der Waals surface area contributed by atoms with Crippen LogP contribution in [0.3, 0.4) is 0 Å². The van der Waals surface area contributed by atoms with Gasteiger partial charge in [0.1, 0.15) is 12.1 Å². The van der Waals surface area contributed by atoms with Gasteiger partial charge >= 0.3 is 0 Å². The summed E-state index contributed by atoms with van der Waals surface area (Å²) in [6.07, 6.45) is 7.13. The van der Waals surface area contributed by atoms with Crippen molar-refractivity contribution in [2.24, 2.45) is 5.92 Å². The molecule has 0 radical (unpaired) electrons. The molecule has 0 saturated carbocycles. The molecule has 30 heavy (non-hydrogen) atoms. The lowest BCUT2D eigenvalue weighted by molar-refractivity contribution is 0.402. The standard InChI is InChI=1S/C25H27N5/c1-18-8-9-23(19(2)14-18)30-25-22(16-28-30)24(26-17-27-25)29-12-10-21(11-13-29)15-20-6-4-3-5-7-20/h3-9,14,16-17,21H,10-13,15H2,1-2H3. The molecule has 0 N–H and O–H groups in total. The zero-order chi connectivity index (χ0) is 20.5. The summed E-state index contributed by atoms with van der Waals surface area (Å²) in [7, 11) is 0. The number of anilines is 1. The minimum Gasteiger partial charge on any atom is -0.356 e. The molecule has 0 unspecified atom stereocenters. The first-order chi connectivity index (χ1) is 14.7. The van der Waals surface area contributed by atoms with E-state index < -0.39 is 0 Å². The van der Waals surface area contributed by atoms with Crippen molar-refractivity contribution in [1.29, 1.82) is 0 Å². The van der Waals surface area contributed by atoms with Crippen LogP contribution >= 0.6 is 0 Å². The smallest absolute Gasteiger partial charge is 0.168 e. The molecule has 4 aromatic rings. The summed E-state index contributed by atoms with van der Waals surface area (Å²) in [6.45, 7) is 6.28. The molecule has 152 valence electrons. The molecule has 1 aliphatic heterocycles. The molecular weight excluding hydrogens is 370 g/mol. The molecule has 0 spiro atoms. The zero-order valence-electron chi connectivity index (χ0n) is 17.6. The second-order valence-corrected chi connectivity index (χ2v) is 8.40. The zero-order valence-corrected chi connectivity index (χ0v) is 17.6. The first-order valence-electron chi connectivity index (χ1n) is 10.7. The Bertz CT molecular complexity index is 1160. The number of hydrogen-bond acceptors (Lipinski definition) is 4. The second kappa shape index (κ2) is 7.90. The fourth-order valence-corrected chi connectivity index (χ4v) is 4.60. The van der Waals surface area contributed by atoms with Crippen LogP contribution in [0.2, 0.25) is 0 Å². The number of fused-ring (bicyclic) bond motifs is 1. The van der Waals surface area contributed by atoms with Crippen LogP contribution in [0.1, 0.15) is 29.5 Å². The summed E-state index contributed by atoms with van der Waals surface area (Å²) in [5.41, 5.74) is 5.83. The van der Waals surface area contributed by atoms with Crippen LogP contribution in [0.5, 0.6) is 0 Å². The average Bonchev–Trinajstić information content (AvgIpc) is 3.19. The average molecular weight is 398 g/mol. The number of aromatic nitrogens is 4. The summed E-state index contributed by atoms with van der Waals surface area (Å²) >= 11 is 0. The van der Waals surface area contributed by atoms with E-state index in [1.54, 1.807) is 6.33 Å². The maximum absolute atomic E-state index is 4.67. The fraction of sp³-hybridized carbons (Fsp3) is 0.320. The van der Waals surface area contributed by atoms with E-state index in [9.17, 15) is 0 Å². The van der Waals surface area contributed by atoms with Gasteiger partial charge in [0.15, 0.2) is 5.65 Å². The Hall–Kier alpha value is -3.21. The second-order valence-electron chi connectivity index (χ2n) is 8.40. The van der Waals surface area contributed by atoms with Gasteiger partial charge in [-0.25, -0.2) is 14.6 Å². The Kier molecular flexibility index (Phi) is 4.95. The predicted molar refractivity (Wildman–Crippen MR) is 121 cm³/mol. The molecular formula is C25H27N5. The third kappa shape index (κ3) is 3.56. The quantitative estimate of drug-likeness (QED) is 0.492. The van der Waals surface area contributed by atoms with Crippen molar-refractivity contribution in [1.82, 2.24) is 19.7 Å². The molecule has 2 aromatic heterocycles. The van der Waals surface area contributed by atoms with Gasteiger partial charge in [0.05, 0.1) is 17.3 Å². The van der Waals surface area contributed by atoms with Crippen LogP contribution in [0, 0.1) is 19.8 Å². The third-order valence-electron chi connectivity index (χ3n) is 6.21. The van der Waals surface area contributed by atoms with E-state index in [0.717, 1.165) is 41.5 Å². The van der Waals surface area contributed by atoms with Crippen molar-refractivity contribution < 1.29 is 0 Å². The molecule has 0 amide bonds. The Labute approximate surface area is 177 Å². The topological polar surface area (TPSA) is 46.8 Å². The first kappa shape index (κ1) is 18.8. The van der Waals surface area contributed by atoms with Crippen molar-refractivity contribution in [3.8, 4) is 5.69 Å². The lowest BCUT2D eigenvalue weighted by Crippen LogP contribution is -2.35. The van der Waals surface area contributed by atoms with Crippen molar-refractivity contribution in [2.45, 2.75) is 33.1 Å². The largest absolute Gasteiger partial charge is 0.356 e. The summed E-state index contributed by atoms with van der Waals surface area (Å²) in [4.78, 5) is 11.6. The fourth-order valence-electron chi connectivity index (χ4n) is 4.60. The van der Waals surface area contributed by atoms with Crippen LogP contribution in [0.4, 0.5) is 5.82 Å². The minimum absolute atomic E-state index is 0.735. The molecule has 0 aliphatic carbocycles. The molecule has 1 aliphatic rings. The van der Waals surface area contributed by atoms with Crippen LogP contribution in [-0.2, 0) is 6.42 Å². The predicted octanol–water partition coefficient (Wildman–Crippen LogP) is 4.89. The molecule has 2 aromatic carbocycles. The van der Waals surface area contributed by atoms with Gasteiger partial charge in [0.2, 0.25) is 0 Å². The van der Waals surface area contributed by atoms with Gasteiger partial charge in [-0.1, -0.05) is 48.0 Å². The van der Waals surface area contributed by atoms with E-state index in [1.807, 2.05) is 10.9 Å². The van der Waals surface area contributed by atoms with E-state index in [-0.39, 0.29) is 0 Å². The van der Waals surface area contributed by atoms with E-state index >= 15 is 0 Å². The van der Waals surface area contributed by atoms with E-state index in [1.165, 1.54) is 36.0 Å². The maximum atomic E-state index is 4.67. The van der Waals surface area contributed by atoms with E-state index in [0.29, 0.717) is 0 Å². The van der Waals surface area contributed by atoms with Gasteiger partial charge in [-0.15, -0.1) is 0 Å². The lowest BCUT2D eigenvalue weighted by Gasteiger charge is -2.33. The SMILES string of the molecule is Cc1ccc(-n2ncc3c(N4CCC(Cc5ccccc5)CC4)ncnc32)c(C)c1. The molecule has 5 rings (SSSR count). The van der Waals surface area contributed by atoms with Crippen molar-refractivity contribution in [3.63, 3.8) is 0 Å². The van der Waals surface area contributed by atoms with Crippen molar-refractivity contribution in [3.05, 3.63) is 77.7 Å². The molecule has 5 heteroatoms. The number of hydrogen-bond donors (Lipinski definition) is 0. The number of nitrogens with zero attached hydrogens (tertiary/aromatic N) is 5. The van der Waals surface area contributed by atoms with Gasteiger partial charge in [0.25, 0.3) is 0 Å². The molecule has 0 bridgehead atoms. The Balaban J connectivity index is 1.38. The van der Waals surface area contributed by atoms with Crippen LogP contribution < -0.4 is 4.90 Å². The Morgan fingerprint density at radius 1 is 0.967 bits per heavy atom. The van der Waals surface area contributed by atoms with E-state index in [2.05, 4.69) is 82.3 Å². The summed E-state index contributed by atoms with van der Waals surface area (Å²) in [5, 5.41) is 5.70. The van der Waals surface area contributed by atoms with Crippen molar-refractivity contribution >= 4 is 16.9 Å². The first-order valence-corrected chi connectivity index (χ1v) is 10.7. The van der Waals surface area contributed by atoms with Gasteiger partial charge in [-0.05, 0) is 56.2 Å². The van der Waals surface area contributed by atoms with Gasteiger partial charge in [-0.2, -0.15) is 5.10 Å². The molecule has 1 saturated heterocycles. The highest BCUT2D eigenvalue weighted by molar-refractivity contribution is 5.87. The molecule has 0 atom stereocenters. The summed E-state index contributed by atoms with van der Waals surface area (Å²) in [5.74, 6) is 1.74. The summed E-state index contributed by atoms with van der Waals surface area (Å²) < 4.78 is 1.94. The van der Waals surface area contributed by atoms with Gasteiger partial charge in [-0.3, -0.25) is 0 Å². The highest BCUT2D eigenvalue weighted by Crippen LogP contribution is 2.30. The Morgan fingerprint density at radius 2 is 1.77 bits per heavy atom. The number of rotatable bonds is 4. The molecule has 1 fully saturated rings. The monoisotopic (exact) mass is 397 g/mol. The minimum atomic E-state index is 0.735. The molecule has 5 nitrogen and oxygen atoms in total. The number of benzene rings is 2. The summed E-state index contributed by atoms with van der Waals surface area (Å²) in [6, 6.07) is 17.3. The highest BCUT2D eigenvalue weighted by Gasteiger charge is 2.23. The Morgan fingerprint density at radius 3 is 2.53 bits per heavy atom.